The zero-order valence-corrected chi connectivity index (χ0v) is 34.0. The molecule has 7 nitrogen and oxygen atoms in total. The van der Waals surface area contributed by atoms with Gasteiger partial charge in [-0.05, 0) is 51.9 Å². The highest BCUT2D eigenvalue weighted by molar-refractivity contribution is 5.82. The fourth-order valence-corrected chi connectivity index (χ4v) is 6.21. The summed E-state index contributed by atoms with van der Waals surface area (Å²) in [4.78, 5) is 27.8. The molecule has 2 unspecified atom stereocenters. The van der Waals surface area contributed by atoms with E-state index in [1.807, 2.05) is 6.92 Å². The van der Waals surface area contributed by atoms with Crippen LogP contribution in [-0.4, -0.2) is 55.0 Å². The Bertz CT molecular complexity index is 743. The molecule has 0 bridgehead atoms. The van der Waals surface area contributed by atoms with Gasteiger partial charge in [-0.2, -0.15) is 0 Å². The number of nitrogens with two attached hydrogens (primary N) is 2. The quantitative estimate of drug-likeness (QED) is 0.0739. The van der Waals surface area contributed by atoms with Crippen LogP contribution in [0.1, 0.15) is 194 Å². The molecule has 9 heteroatoms. The summed E-state index contributed by atoms with van der Waals surface area (Å²) in [5.74, 6) is 0.00389. The molecule has 0 saturated heterocycles. The lowest BCUT2D eigenvalue weighted by atomic mass is 10.0. The number of halogens is 2. The van der Waals surface area contributed by atoms with E-state index in [-0.39, 0.29) is 36.6 Å². The smallest absolute Gasteiger partial charge is 0.239 e. The number of nitrogens with one attached hydrogen (secondary N) is 2. The highest BCUT2D eigenvalue weighted by Gasteiger charge is 2.20. The third-order valence-electron chi connectivity index (χ3n) is 9.39. The maximum absolute atomic E-state index is 13.4. The first-order chi connectivity index (χ1) is 22.8. The van der Waals surface area contributed by atoms with Gasteiger partial charge < -0.3 is 51.8 Å². The fourth-order valence-electron chi connectivity index (χ4n) is 6.21. The van der Waals surface area contributed by atoms with E-state index in [1.54, 1.807) is 0 Å². The van der Waals surface area contributed by atoms with Gasteiger partial charge >= 0.3 is 0 Å². The summed E-state index contributed by atoms with van der Waals surface area (Å²) >= 11 is 0. The first-order valence-electron chi connectivity index (χ1n) is 20.3. The molecule has 2 atom stereocenters. The van der Waals surface area contributed by atoms with Crippen molar-refractivity contribution < 1.29 is 34.4 Å². The van der Waals surface area contributed by atoms with Gasteiger partial charge in [-0.1, -0.05) is 149 Å². The van der Waals surface area contributed by atoms with Gasteiger partial charge in [-0.3, -0.25) is 9.59 Å². The summed E-state index contributed by atoms with van der Waals surface area (Å²) in [6, 6.07) is -0.959. The Kier molecular flexibility index (Phi) is 42.5. The molecule has 0 aliphatic heterocycles. The molecule has 0 heterocycles. The molecule has 6 N–H and O–H groups in total. The van der Waals surface area contributed by atoms with Crippen LogP contribution in [0.2, 0.25) is 0 Å². The maximum atomic E-state index is 13.4. The summed E-state index contributed by atoms with van der Waals surface area (Å²) in [7, 11) is 0. The molecule has 294 valence electrons. The molecule has 0 fully saturated rings. The van der Waals surface area contributed by atoms with Gasteiger partial charge in [0.2, 0.25) is 11.8 Å². The number of amides is 2. The monoisotopic (exact) mass is 734 g/mol. The largest absolute Gasteiger partial charge is 1.00 e. The van der Waals surface area contributed by atoms with Crippen molar-refractivity contribution in [2.24, 2.45) is 11.5 Å². The van der Waals surface area contributed by atoms with Crippen LogP contribution in [-0.2, 0) is 9.59 Å². The van der Waals surface area contributed by atoms with Crippen LogP contribution >= 0.6 is 0 Å². The van der Waals surface area contributed by atoms with Crippen LogP contribution in [0.5, 0.6) is 0 Å². The normalized spacial score (nSPS) is 12.0. The molecule has 0 rings (SSSR count). The molecule has 0 aromatic rings. The Balaban J connectivity index is -0.0000106. The van der Waals surface area contributed by atoms with Gasteiger partial charge in [0.1, 0.15) is 0 Å². The van der Waals surface area contributed by atoms with Gasteiger partial charge in [0.25, 0.3) is 0 Å². The SMILES string of the molecule is C=C(C)NCCCC(N)C(=O)NCCCCC(N)C(=O)N(CCCCCCCCCCCC)CCCCCCCCCCCCCC.[Cl-].[Cl-]. The van der Waals surface area contributed by atoms with Crippen molar-refractivity contribution in [1.29, 1.82) is 0 Å². The number of allylic oxidation sites excluding steroid dienone is 1. The van der Waals surface area contributed by atoms with Crippen molar-refractivity contribution in [2.45, 2.75) is 206 Å². The Morgan fingerprint density at radius 3 is 1.31 bits per heavy atom. The van der Waals surface area contributed by atoms with Gasteiger partial charge in [-0.15, -0.1) is 0 Å². The van der Waals surface area contributed by atoms with Crippen molar-refractivity contribution in [3.05, 3.63) is 12.3 Å². The van der Waals surface area contributed by atoms with Gasteiger partial charge in [0.15, 0.2) is 0 Å². The summed E-state index contributed by atoms with van der Waals surface area (Å²) < 4.78 is 0. The van der Waals surface area contributed by atoms with E-state index >= 15 is 0 Å². The maximum Gasteiger partial charge on any atom is 0.239 e. The van der Waals surface area contributed by atoms with Crippen molar-refractivity contribution >= 4 is 11.8 Å². The predicted octanol–water partition coefficient (Wildman–Crippen LogP) is 3.29. The topological polar surface area (TPSA) is 113 Å². The second-order valence-electron chi connectivity index (χ2n) is 14.2. The number of nitrogens with zero attached hydrogens (tertiary/aromatic N) is 1. The van der Waals surface area contributed by atoms with Crippen molar-refractivity contribution in [2.75, 3.05) is 26.2 Å². The number of carbonyl (C=O) groups is 2. The van der Waals surface area contributed by atoms with Gasteiger partial charge in [0.05, 0.1) is 12.1 Å². The minimum Gasteiger partial charge on any atom is -1.00 e. The summed E-state index contributed by atoms with van der Waals surface area (Å²) in [5, 5.41) is 6.11. The van der Waals surface area contributed by atoms with Gasteiger partial charge in [-0.25, -0.2) is 0 Å². The molecule has 0 aliphatic carbocycles. The molecule has 0 aromatic heterocycles. The zero-order valence-electron chi connectivity index (χ0n) is 32.5. The third kappa shape index (κ3) is 35.2. The summed E-state index contributed by atoms with van der Waals surface area (Å²) in [5.41, 5.74) is 13.4. The van der Waals surface area contributed by atoms with Crippen LogP contribution < -0.4 is 46.9 Å². The number of hydrogen-bond acceptors (Lipinski definition) is 5. The Morgan fingerprint density at radius 2 is 0.898 bits per heavy atom. The standard InChI is InChI=1S/C40H81N5O2.2ClH/c1-5-7-9-11-13-15-17-18-20-22-24-28-35-45(34-27-23-21-19-16-14-12-10-8-6-2)40(47)38(42)30-25-26-32-44-39(46)37(41)31-29-33-43-36(3)4;;/h37-38,43H,3,5-35,41-42H2,1-2,4H3,(H,44,46);2*1H/p-2. The molecule has 0 aromatic carbocycles. The van der Waals surface area contributed by atoms with Crippen LogP contribution in [0.4, 0.5) is 0 Å². The molecule has 49 heavy (non-hydrogen) atoms. The molecular weight excluding hydrogens is 653 g/mol. The van der Waals surface area contributed by atoms with Crippen LogP contribution in [0.25, 0.3) is 0 Å². The number of unbranched alkanes of at least 4 members (excludes halogenated alkanes) is 21. The van der Waals surface area contributed by atoms with E-state index in [0.717, 1.165) is 57.4 Å². The first-order valence-corrected chi connectivity index (χ1v) is 20.3. The average molecular weight is 735 g/mol. The Morgan fingerprint density at radius 1 is 0.531 bits per heavy atom. The molecule has 0 spiro atoms. The molecule has 0 saturated carbocycles. The van der Waals surface area contributed by atoms with E-state index in [9.17, 15) is 9.59 Å². The zero-order chi connectivity index (χ0) is 34.8. The van der Waals surface area contributed by atoms with E-state index in [1.165, 1.54) is 128 Å². The Labute approximate surface area is 316 Å². The number of hydrogen-bond donors (Lipinski definition) is 4. The summed E-state index contributed by atoms with van der Waals surface area (Å²) in [6.45, 7) is 13.3. The van der Waals surface area contributed by atoms with E-state index in [2.05, 4.69) is 36.0 Å². The summed E-state index contributed by atoms with van der Waals surface area (Å²) in [6.07, 6.45) is 32.6. The number of rotatable bonds is 36. The second kappa shape index (κ2) is 39.8. The van der Waals surface area contributed by atoms with E-state index < -0.39 is 12.1 Å². The molecule has 2 amide bonds. The minimum absolute atomic E-state index is 0. The van der Waals surface area contributed by atoms with E-state index in [0.29, 0.717) is 19.4 Å². The Hall–Kier alpha value is -1.02. The highest BCUT2D eigenvalue weighted by atomic mass is 35.5. The first kappa shape index (κ1) is 52.3. The van der Waals surface area contributed by atoms with Crippen molar-refractivity contribution in [3.63, 3.8) is 0 Å². The number of carbonyl (C=O) groups excluding carboxylic acids is 2. The fraction of sp³-hybridized carbons (Fsp3) is 0.900. The lowest BCUT2D eigenvalue weighted by Crippen LogP contribution is -3.00. The molecular formula is C40H81Cl2N5O2-2. The van der Waals surface area contributed by atoms with E-state index in [4.69, 9.17) is 11.5 Å². The lowest BCUT2D eigenvalue weighted by molar-refractivity contribution is -0.133. The van der Waals surface area contributed by atoms with Crippen LogP contribution in [0.15, 0.2) is 12.3 Å². The van der Waals surface area contributed by atoms with Gasteiger partial charge in [0, 0.05) is 31.9 Å². The molecule has 0 radical (unpaired) electrons. The van der Waals surface area contributed by atoms with Crippen LogP contribution in [0.3, 0.4) is 0 Å². The average Bonchev–Trinajstić information content (AvgIpc) is 3.06. The second-order valence-corrected chi connectivity index (χ2v) is 14.2. The van der Waals surface area contributed by atoms with Crippen molar-refractivity contribution in [3.8, 4) is 0 Å². The van der Waals surface area contributed by atoms with Crippen molar-refractivity contribution in [1.82, 2.24) is 15.5 Å². The predicted molar refractivity (Wildman–Crippen MR) is 204 cm³/mol. The van der Waals surface area contributed by atoms with Crippen LogP contribution in [0, 0.1) is 0 Å². The lowest BCUT2D eigenvalue weighted by Gasteiger charge is -2.26. The highest BCUT2D eigenvalue weighted by Crippen LogP contribution is 2.14. The third-order valence-corrected chi connectivity index (χ3v) is 9.39. The molecule has 0 aliphatic rings. The minimum atomic E-state index is -0.495.